The normalized spacial score (nSPS) is 22.7. The predicted octanol–water partition coefficient (Wildman–Crippen LogP) is 1.97. The zero-order chi connectivity index (χ0) is 14.4. The van der Waals surface area contributed by atoms with E-state index < -0.39 is 0 Å². The number of hydrogen-bond donors (Lipinski definition) is 2. The Morgan fingerprint density at radius 2 is 2.15 bits per heavy atom. The lowest BCUT2D eigenvalue weighted by molar-refractivity contribution is -0.117. The molecular weight excluding hydrogens is 252 g/mol. The van der Waals surface area contributed by atoms with Gasteiger partial charge in [0.1, 0.15) is 5.75 Å². The Labute approximate surface area is 120 Å². The molecule has 0 radical (unpaired) electrons. The highest BCUT2D eigenvalue weighted by molar-refractivity contribution is 5.91. The molecule has 108 valence electrons. The van der Waals surface area contributed by atoms with E-state index in [0.717, 1.165) is 30.7 Å². The molecular formula is C16H22N2O2. The molecule has 1 aliphatic heterocycles. The van der Waals surface area contributed by atoms with Gasteiger partial charge in [0.2, 0.25) is 5.91 Å². The van der Waals surface area contributed by atoms with Crippen molar-refractivity contribution in [2.75, 3.05) is 13.7 Å². The van der Waals surface area contributed by atoms with Crippen molar-refractivity contribution in [1.82, 2.24) is 10.6 Å². The maximum atomic E-state index is 11.9. The quantitative estimate of drug-likeness (QED) is 0.825. The highest BCUT2D eigenvalue weighted by Gasteiger charge is 2.21. The highest BCUT2D eigenvalue weighted by atomic mass is 16.5. The van der Waals surface area contributed by atoms with E-state index in [9.17, 15) is 4.79 Å². The van der Waals surface area contributed by atoms with Crippen molar-refractivity contribution in [3.8, 4) is 5.75 Å². The van der Waals surface area contributed by atoms with Gasteiger partial charge < -0.3 is 15.4 Å². The van der Waals surface area contributed by atoms with Crippen LogP contribution in [0.1, 0.15) is 25.3 Å². The summed E-state index contributed by atoms with van der Waals surface area (Å²) in [5.74, 6) is 0.773. The zero-order valence-electron chi connectivity index (χ0n) is 12.1. The molecule has 0 aromatic heterocycles. The van der Waals surface area contributed by atoms with E-state index in [4.69, 9.17) is 4.74 Å². The summed E-state index contributed by atoms with van der Waals surface area (Å²) in [6.07, 6.45) is 5.55. The van der Waals surface area contributed by atoms with Crippen molar-refractivity contribution in [1.29, 1.82) is 0 Å². The number of benzene rings is 1. The first kappa shape index (κ1) is 14.6. The molecule has 1 saturated heterocycles. The Morgan fingerprint density at radius 1 is 1.40 bits per heavy atom. The smallest absolute Gasteiger partial charge is 0.244 e. The lowest BCUT2D eigenvalue weighted by atomic mass is 10.00. The van der Waals surface area contributed by atoms with Crippen molar-refractivity contribution in [3.05, 3.63) is 35.9 Å². The number of nitrogens with one attached hydrogen (secondary N) is 2. The molecule has 2 atom stereocenters. The number of rotatable bonds is 4. The van der Waals surface area contributed by atoms with Gasteiger partial charge in [0.25, 0.3) is 0 Å². The van der Waals surface area contributed by atoms with Crippen LogP contribution < -0.4 is 15.4 Å². The van der Waals surface area contributed by atoms with Crippen LogP contribution in [0.15, 0.2) is 30.3 Å². The first-order valence-corrected chi connectivity index (χ1v) is 7.05. The zero-order valence-corrected chi connectivity index (χ0v) is 12.1. The number of piperidine rings is 1. The van der Waals surface area contributed by atoms with Gasteiger partial charge in [0.05, 0.1) is 7.11 Å². The number of carbonyl (C=O) groups is 1. The Morgan fingerprint density at radius 3 is 2.80 bits per heavy atom. The third-order valence-electron chi connectivity index (χ3n) is 3.63. The molecule has 1 heterocycles. The molecule has 4 nitrogen and oxygen atoms in total. The Hall–Kier alpha value is -1.81. The first-order chi connectivity index (χ1) is 9.69. The fourth-order valence-corrected chi connectivity index (χ4v) is 2.36. The minimum atomic E-state index is -0.0404. The number of methoxy groups -OCH3 is 1. The minimum Gasteiger partial charge on any atom is -0.497 e. The lowest BCUT2D eigenvalue weighted by Gasteiger charge is -2.30. The van der Waals surface area contributed by atoms with E-state index in [2.05, 4.69) is 17.6 Å². The van der Waals surface area contributed by atoms with Gasteiger partial charge in [-0.1, -0.05) is 12.1 Å². The van der Waals surface area contributed by atoms with Crippen LogP contribution in [0.5, 0.6) is 5.75 Å². The van der Waals surface area contributed by atoms with Gasteiger partial charge >= 0.3 is 0 Å². The third-order valence-corrected chi connectivity index (χ3v) is 3.63. The molecule has 1 amide bonds. The average Bonchev–Trinajstić information content (AvgIpc) is 2.48. The molecule has 1 aromatic rings. The topological polar surface area (TPSA) is 50.4 Å². The summed E-state index contributed by atoms with van der Waals surface area (Å²) in [5, 5.41) is 6.42. The largest absolute Gasteiger partial charge is 0.497 e. The molecule has 1 aliphatic rings. The number of amides is 1. The molecule has 2 unspecified atom stereocenters. The van der Waals surface area contributed by atoms with Crippen LogP contribution in [0.25, 0.3) is 6.08 Å². The summed E-state index contributed by atoms with van der Waals surface area (Å²) >= 11 is 0. The SMILES string of the molecule is COc1ccc(/C=C/C(=O)NC2CCCNC2C)cc1. The Bertz CT molecular complexity index is 468. The van der Waals surface area contributed by atoms with Gasteiger partial charge in [0, 0.05) is 18.2 Å². The molecule has 0 aliphatic carbocycles. The van der Waals surface area contributed by atoms with Crippen LogP contribution in [0.3, 0.4) is 0 Å². The average molecular weight is 274 g/mol. The van der Waals surface area contributed by atoms with E-state index in [0.29, 0.717) is 6.04 Å². The summed E-state index contributed by atoms with van der Waals surface area (Å²) in [5.41, 5.74) is 0.982. The monoisotopic (exact) mass is 274 g/mol. The predicted molar refractivity (Wildman–Crippen MR) is 80.7 cm³/mol. The molecule has 0 bridgehead atoms. The van der Waals surface area contributed by atoms with E-state index >= 15 is 0 Å². The van der Waals surface area contributed by atoms with E-state index in [1.807, 2.05) is 30.3 Å². The van der Waals surface area contributed by atoms with Gasteiger partial charge in [-0.05, 0) is 50.1 Å². The summed E-state index contributed by atoms with van der Waals surface area (Å²) in [6.45, 7) is 3.15. The van der Waals surface area contributed by atoms with Crippen LogP contribution in [0, 0.1) is 0 Å². The van der Waals surface area contributed by atoms with Crippen molar-refractivity contribution in [3.63, 3.8) is 0 Å². The first-order valence-electron chi connectivity index (χ1n) is 7.05. The van der Waals surface area contributed by atoms with Gasteiger partial charge in [-0.3, -0.25) is 4.79 Å². The van der Waals surface area contributed by atoms with Crippen LogP contribution in [0.4, 0.5) is 0 Å². The van der Waals surface area contributed by atoms with Crippen molar-refractivity contribution < 1.29 is 9.53 Å². The molecule has 4 heteroatoms. The number of hydrogen-bond acceptors (Lipinski definition) is 3. The molecule has 1 aromatic carbocycles. The summed E-state index contributed by atoms with van der Waals surface area (Å²) in [4.78, 5) is 11.9. The maximum absolute atomic E-state index is 11.9. The van der Waals surface area contributed by atoms with Crippen molar-refractivity contribution >= 4 is 12.0 Å². The van der Waals surface area contributed by atoms with Crippen LogP contribution >= 0.6 is 0 Å². The Kier molecular flexibility index (Phi) is 5.18. The molecule has 0 saturated carbocycles. The molecule has 20 heavy (non-hydrogen) atoms. The van der Waals surface area contributed by atoms with Crippen LogP contribution in [0.2, 0.25) is 0 Å². The van der Waals surface area contributed by atoms with Crippen molar-refractivity contribution in [2.24, 2.45) is 0 Å². The molecule has 1 fully saturated rings. The standard InChI is InChI=1S/C16H22N2O2/c1-12-15(4-3-11-17-12)18-16(19)10-7-13-5-8-14(20-2)9-6-13/h5-10,12,15,17H,3-4,11H2,1-2H3,(H,18,19)/b10-7+. The van der Waals surface area contributed by atoms with Crippen molar-refractivity contribution in [2.45, 2.75) is 31.8 Å². The van der Waals surface area contributed by atoms with Gasteiger partial charge in [-0.15, -0.1) is 0 Å². The second-order valence-electron chi connectivity index (χ2n) is 5.11. The summed E-state index contributed by atoms with van der Waals surface area (Å²) < 4.78 is 5.10. The second kappa shape index (κ2) is 7.10. The van der Waals surface area contributed by atoms with E-state index in [-0.39, 0.29) is 11.9 Å². The fraction of sp³-hybridized carbons (Fsp3) is 0.438. The van der Waals surface area contributed by atoms with E-state index in [1.165, 1.54) is 0 Å². The van der Waals surface area contributed by atoms with Gasteiger partial charge in [0.15, 0.2) is 0 Å². The molecule has 0 spiro atoms. The van der Waals surface area contributed by atoms with E-state index in [1.54, 1.807) is 13.2 Å². The Balaban J connectivity index is 1.87. The number of carbonyl (C=O) groups excluding carboxylic acids is 1. The van der Waals surface area contributed by atoms with Crippen LogP contribution in [-0.4, -0.2) is 31.6 Å². The molecule has 2 N–H and O–H groups in total. The highest BCUT2D eigenvalue weighted by Crippen LogP contribution is 2.12. The third kappa shape index (κ3) is 4.10. The lowest BCUT2D eigenvalue weighted by Crippen LogP contribution is -2.51. The van der Waals surface area contributed by atoms with Gasteiger partial charge in [-0.2, -0.15) is 0 Å². The molecule has 2 rings (SSSR count). The minimum absolute atomic E-state index is 0.0404. The second-order valence-corrected chi connectivity index (χ2v) is 5.11. The van der Waals surface area contributed by atoms with Gasteiger partial charge in [-0.25, -0.2) is 0 Å². The fourth-order valence-electron chi connectivity index (χ4n) is 2.36. The summed E-state index contributed by atoms with van der Waals surface area (Å²) in [6, 6.07) is 8.16. The maximum Gasteiger partial charge on any atom is 0.244 e. The number of ether oxygens (including phenoxy) is 1. The summed E-state index contributed by atoms with van der Waals surface area (Å²) in [7, 11) is 1.64. The van der Waals surface area contributed by atoms with Crippen LogP contribution in [-0.2, 0) is 4.79 Å².